The van der Waals surface area contributed by atoms with Crippen LogP contribution in [0.4, 0.5) is 11.5 Å². The van der Waals surface area contributed by atoms with E-state index < -0.39 is 0 Å². The molecule has 8 bridgehead atoms. The van der Waals surface area contributed by atoms with Crippen molar-refractivity contribution in [3.63, 3.8) is 0 Å². The predicted molar refractivity (Wildman–Crippen MR) is 150 cm³/mol. The molecule has 3 aromatic rings. The van der Waals surface area contributed by atoms with Crippen molar-refractivity contribution in [3.05, 3.63) is 41.0 Å². The molecule has 1 unspecified atom stereocenters. The van der Waals surface area contributed by atoms with Gasteiger partial charge in [-0.05, 0) is 73.3 Å². The number of benzene rings is 1. The summed E-state index contributed by atoms with van der Waals surface area (Å²) in [7, 11) is 2.02. The number of anilines is 2. The normalized spacial score (nSPS) is 28.8. The van der Waals surface area contributed by atoms with Crippen LogP contribution in [0.2, 0.25) is 0 Å². The number of carbonyl (C=O) groups is 1. The molecule has 1 saturated carbocycles. The summed E-state index contributed by atoms with van der Waals surface area (Å²) in [5, 5.41) is 8.89. The fraction of sp³-hybridized carbons (Fsp3) is 0.517. The lowest BCUT2D eigenvalue weighted by molar-refractivity contribution is -0.133. The molecule has 1 atom stereocenters. The van der Waals surface area contributed by atoms with Gasteiger partial charge in [0, 0.05) is 61.9 Å². The average molecular weight is 578 g/mol. The third kappa shape index (κ3) is 4.10. The van der Waals surface area contributed by atoms with Gasteiger partial charge in [0.05, 0.1) is 11.3 Å². The van der Waals surface area contributed by atoms with E-state index in [9.17, 15) is 4.79 Å². The zero-order chi connectivity index (χ0) is 26.1. The van der Waals surface area contributed by atoms with Crippen LogP contribution in [0.15, 0.2) is 45.4 Å². The average Bonchev–Trinajstić information content (AvgIpc) is 3.37. The molecule has 0 N–H and O–H groups in total. The summed E-state index contributed by atoms with van der Waals surface area (Å²) < 4.78 is 7.29. The Morgan fingerprint density at radius 3 is 2.50 bits per heavy atom. The van der Waals surface area contributed by atoms with Crippen molar-refractivity contribution in [2.75, 3.05) is 49.6 Å². The Balaban J connectivity index is 1.27. The van der Waals surface area contributed by atoms with Gasteiger partial charge < -0.3 is 19.1 Å². The van der Waals surface area contributed by atoms with E-state index in [1.807, 2.05) is 36.3 Å². The van der Waals surface area contributed by atoms with Crippen LogP contribution in [-0.4, -0.2) is 65.8 Å². The molecule has 2 aromatic heterocycles. The minimum Gasteiger partial charge on any atom is -0.416 e. The van der Waals surface area contributed by atoms with Crippen LogP contribution < -0.4 is 9.80 Å². The van der Waals surface area contributed by atoms with Crippen molar-refractivity contribution in [1.82, 2.24) is 20.1 Å². The third-order valence-electron chi connectivity index (χ3n) is 9.49. The number of piperidine rings is 2. The number of hydrogen-bond acceptors (Lipinski definition) is 7. The van der Waals surface area contributed by atoms with Gasteiger partial charge in [-0.3, -0.25) is 4.79 Å². The van der Waals surface area contributed by atoms with Crippen molar-refractivity contribution < 1.29 is 9.21 Å². The molecule has 198 valence electrons. The number of aromatic nitrogens is 3. The summed E-state index contributed by atoms with van der Waals surface area (Å²) >= 11 is 3.66. The van der Waals surface area contributed by atoms with E-state index >= 15 is 0 Å². The Hall–Kier alpha value is -2.94. The highest BCUT2D eigenvalue weighted by molar-refractivity contribution is 9.10. The first kappa shape index (κ1) is 24.1. The van der Waals surface area contributed by atoms with E-state index in [4.69, 9.17) is 4.42 Å². The number of hydrogen-bond donors (Lipinski definition) is 0. The first-order valence-electron chi connectivity index (χ1n) is 13.7. The standard InChI is InChI=1S/C29H33BrN6O2/c1-28-6-11-35(12-7-28)23-16-20(30)3-4-21(23)26-33-32-25(38-26)19-5-10-31-24(15-19)36-13-8-29(9-14-36)17-22(29)27(37)34(2)18-28/h3-5,10,15-16,22H,6-9,11-14,17-18H2,1-2H3. The van der Waals surface area contributed by atoms with E-state index in [-0.39, 0.29) is 16.7 Å². The molecule has 9 heteroatoms. The Labute approximate surface area is 231 Å². The summed E-state index contributed by atoms with van der Waals surface area (Å²) in [5.41, 5.74) is 3.17. The van der Waals surface area contributed by atoms with E-state index in [0.717, 1.165) is 91.9 Å². The SMILES string of the molecule is CN1CC2(C)CCN(CC2)c2cc(Br)ccc2-c2nnc(o2)-c2ccnc(c2)N2CCC3(CC2)CC3C1=O. The summed E-state index contributed by atoms with van der Waals surface area (Å²) in [6.07, 6.45) is 6.96. The minimum atomic E-state index is 0.103. The highest BCUT2D eigenvalue weighted by Crippen LogP contribution is 2.60. The number of halogens is 1. The lowest BCUT2D eigenvalue weighted by Gasteiger charge is -2.43. The van der Waals surface area contributed by atoms with Gasteiger partial charge in [0.15, 0.2) is 0 Å². The highest BCUT2D eigenvalue weighted by atomic mass is 79.9. The quantitative estimate of drug-likeness (QED) is 0.362. The fourth-order valence-electron chi connectivity index (χ4n) is 6.91. The number of rotatable bonds is 0. The highest BCUT2D eigenvalue weighted by Gasteiger charge is 2.59. The topological polar surface area (TPSA) is 78.6 Å². The largest absolute Gasteiger partial charge is 0.416 e. The molecule has 10 rings (SSSR count). The van der Waals surface area contributed by atoms with Crippen LogP contribution in [0.3, 0.4) is 0 Å². The number of pyridine rings is 1. The van der Waals surface area contributed by atoms with E-state index in [2.05, 4.69) is 60.0 Å². The van der Waals surface area contributed by atoms with Gasteiger partial charge >= 0.3 is 0 Å². The molecule has 6 aliphatic heterocycles. The van der Waals surface area contributed by atoms with Gasteiger partial charge in [0.1, 0.15) is 5.82 Å². The van der Waals surface area contributed by atoms with Crippen molar-refractivity contribution in [2.24, 2.45) is 16.7 Å². The Bertz CT molecular complexity index is 1390. The van der Waals surface area contributed by atoms with Crippen LogP contribution in [0.25, 0.3) is 22.9 Å². The van der Waals surface area contributed by atoms with Crippen LogP contribution >= 0.6 is 15.9 Å². The fourth-order valence-corrected chi connectivity index (χ4v) is 7.26. The summed E-state index contributed by atoms with van der Waals surface area (Å²) in [5.74, 6) is 2.46. The Kier molecular flexibility index (Phi) is 5.58. The van der Waals surface area contributed by atoms with Crippen molar-refractivity contribution in [3.8, 4) is 22.9 Å². The first-order valence-corrected chi connectivity index (χ1v) is 14.5. The predicted octanol–water partition coefficient (Wildman–Crippen LogP) is 5.25. The molecule has 0 radical (unpaired) electrons. The van der Waals surface area contributed by atoms with E-state index in [1.54, 1.807) is 0 Å². The van der Waals surface area contributed by atoms with Crippen molar-refractivity contribution in [2.45, 2.75) is 39.0 Å². The van der Waals surface area contributed by atoms with Gasteiger partial charge in [-0.25, -0.2) is 4.98 Å². The van der Waals surface area contributed by atoms with Gasteiger partial charge in [0.2, 0.25) is 17.7 Å². The second-order valence-corrected chi connectivity index (χ2v) is 13.0. The molecule has 3 fully saturated rings. The van der Waals surface area contributed by atoms with Crippen molar-refractivity contribution >= 4 is 33.3 Å². The minimum absolute atomic E-state index is 0.103. The molecule has 1 spiro atoms. The monoisotopic (exact) mass is 576 g/mol. The first-order chi connectivity index (χ1) is 18.3. The zero-order valence-corrected chi connectivity index (χ0v) is 23.6. The summed E-state index contributed by atoms with van der Waals surface area (Å²) in [4.78, 5) is 25.0. The Morgan fingerprint density at radius 1 is 0.974 bits per heavy atom. The molecule has 2 saturated heterocycles. The molecule has 1 aromatic carbocycles. The van der Waals surface area contributed by atoms with E-state index in [1.165, 1.54) is 0 Å². The maximum absolute atomic E-state index is 13.5. The van der Waals surface area contributed by atoms with Gasteiger partial charge in [-0.2, -0.15) is 0 Å². The third-order valence-corrected chi connectivity index (χ3v) is 9.98. The second-order valence-electron chi connectivity index (χ2n) is 12.1. The maximum Gasteiger partial charge on any atom is 0.250 e. The van der Waals surface area contributed by atoms with Crippen LogP contribution in [0, 0.1) is 16.7 Å². The van der Waals surface area contributed by atoms with E-state index in [0.29, 0.717) is 17.7 Å². The molecule has 38 heavy (non-hydrogen) atoms. The van der Waals surface area contributed by atoms with Gasteiger partial charge in [-0.15, -0.1) is 10.2 Å². The summed E-state index contributed by atoms with van der Waals surface area (Å²) in [6, 6.07) is 10.2. The number of amides is 1. The number of nitrogens with zero attached hydrogens (tertiary/aromatic N) is 6. The molecule has 8 heterocycles. The molecule has 8 nitrogen and oxygen atoms in total. The molecular weight excluding hydrogens is 544 g/mol. The molecule has 1 amide bonds. The maximum atomic E-state index is 13.5. The molecule has 1 aliphatic carbocycles. The van der Waals surface area contributed by atoms with Crippen LogP contribution in [0.5, 0.6) is 0 Å². The number of carbonyl (C=O) groups excluding carboxylic acids is 1. The molecular formula is C29H33BrN6O2. The van der Waals surface area contributed by atoms with Crippen LogP contribution in [0.1, 0.15) is 39.0 Å². The smallest absolute Gasteiger partial charge is 0.250 e. The second kappa shape index (κ2) is 8.79. The van der Waals surface area contributed by atoms with Gasteiger partial charge in [0.25, 0.3) is 0 Å². The lowest BCUT2D eigenvalue weighted by Crippen LogP contribution is -2.46. The Morgan fingerprint density at radius 2 is 1.71 bits per heavy atom. The van der Waals surface area contributed by atoms with Gasteiger partial charge in [-0.1, -0.05) is 22.9 Å². The molecule has 7 aliphatic rings. The zero-order valence-electron chi connectivity index (χ0n) is 22.0. The summed E-state index contributed by atoms with van der Waals surface area (Å²) in [6.45, 7) is 6.81. The lowest BCUT2D eigenvalue weighted by atomic mass is 9.79. The van der Waals surface area contributed by atoms with Crippen LogP contribution in [-0.2, 0) is 4.79 Å². The van der Waals surface area contributed by atoms with Crippen molar-refractivity contribution in [1.29, 1.82) is 0 Å².